The highest BCUT2D eigenvalue weighted by atomic mass is 35.5. The molecule has 0 aliphatic carbocycles. The lowest BCUT2D eigenvalue weighted by Gasteiger charge is -2.22. The number of fused-ring (bicyclic) bond motifs is 1. The van der Waals surface area contributed by atoms with Gasteiger partial charge >= 0.3 is 12.2 Å². The Hall–Kier alpha value is -7.25. The number of likely N-dealkylation sites (N-methyl/N-ethyl adjacent to an activating group) is 1. The molecular formula is C52H57ClN4O9. The summed E-state index contributed by atoms with van der Waals surface area (Å²) < 4.78 is 17.0. The average Bonchev–Trinajstić information content (AvgIpc) is 3.27. The number of ether oxygens (including phenoxy) is 3. The van der Waals surface area contributed by atoms with Crippen LogP contribution in [-0.4, -0.2) is 65.9 Å². The molecule has 0 bridgehead atoms. The van der Waals surface area contributed by atoms with Crippen molar-refractivity contribution < 1.29 is 43.6 Å². The Labute approximate surface area is 390 Å². The van der Waals surface area contributed by atoms with Gasteiger partial charge in [-0.2, -0.15) is 0 Å². The summed E-state index contributed by atoms with van der Waals surface area (Å²) in [5, 5.41) is 28.4. The lowest BCUT2D eigenvalue weighted by Crippen LogP contribution is -2.34. The zero-order valence-electron chi connectivity index (χ0n) is 38.5. The van der Waals surface area contributed by atoms with E-state index in [1.807, 2.05) is 95.3 Å². The van der Waals surface area contributed by atoms with Gasteiger partial charge in [-0.1, -0.05) is 85.1 Å². The van der Waals surface area contributed by atoms with E-state index in [9.17, 15) is 29.4 Å². The molecule has 6 aromatic rings. The van der Waals surface area contributed by atoms with Crippen molar-refractivity contribution in [2.24, 2.45) is 0 Å². The van der Waals surface area contributed by atoms with Crippen LogP contribution in [0.2, 0.25) is 5.02 Å². The van der Waals surface area contributed by atoms with Crippen LogP contribution in [0.3, 0.4) is 0 Å². The average molecular weight is 918 g/mol. The first-order valence-electron chi connectivity index (χ1n) is 21.5. The summed E-state index contributed by atoms with van der Waals surface area (Å²) in [6.45, 7) is 11.3. The molecule has 0 aromatic heterocycles. The van der Waals surface area contributed by atoms with Crippen molar-refractivity contribution in [3.63, 3.8) is 0 Å². The molecular weight excluding hydrogens is 860 g/mol. The summed E-state index contributed by atoms with van der Waals surface area (Å²) in [4.78, 5) is 53.1. The van der Waals surface area contributed by atoms with Gasteiger partial charge in [-0.25, -0.2) is 9.59 Å². The molecule has 1 unspecified atom stereocenters. The number of anilines is 3. The fraction of sp³-hybridized carbons (Fsp3) is 0.269. The highest BCUT2D eigenvalue weighted by Gasteiger charge is 2.24. The summed E-state index contributed by atoms with van der Waals surface area (Å²) in [6.07, 6.45) is 0.568. The van der Waals surface area contributed by atoms with Gasteiger partial charge in [-0.3, -0.25) is 14.5 Å². The predicted molar refractivity (Wildman–Crippen MR) is 261 cm³/mol. The molecule has 1 atom stereocenters. The van der Waals surface area contributed by atoms with E-state index in [1.54, 1.807) is 56.6 Å². The van der Waals surface area contributed by atoms with Crippen LogP contribution in [0, 0.1) is 27.7 Å². The topological polar surface area (TPSA) is 167 Å². The normalized spacial score (nSPS) is 11.1. The van der Waals surface area contributed by atoms with E-state index >= 15 is 0 Å². The minimum atomic E-state index is -0.773. The molecule has 0 saturated carbocycles. The SMILES string of the molecule is CCCCC(Oc1ccc(C)cc1C)C(=O)Nc1cc(O)c(NC(C)=O)cc1CCN(C)C(=O)Oc1ccc(C)c(Cl)c1.Cc1cccc(OC(=O)N(C)c2cc(O)c3ccccc3c2)c1. The third-order valence-corrected chi connectivity index (χ3v) is 11.0. The van der Waals surface area contributed by atoms with Crippen molar-refractivity contribution in [3.05, 3.63) is 142 Å². The van der Waals surface area contributed by atoms with Gasteiger partial charge in [0.05, 0.1) is 11.4 Å². The summed E-state index contributed by atoms with van der Waals surface area (Å²) in [5.41, 5.74) is 5.59. The van der Waals surface area contributed by atoms with Gasteiger partial charge in [0.2, 0.25) is 5.91 Å². The fourth-order valence-electron chi connectivity index (χ4n) is 6.79. The molecule has 0 radical (unpaired) electrons. The van der Waals surface area contributed by atoms with Crippen LogP contribution in [0.25, 0.3) is 10.8 Å². The van der Waals surface area contributed by atoms with Crippen molar-refractivity contribution in [3.8, 4) is 28.7 Å². The molecule has 346 valence electrons. The quantitative estimate of drug-likeness (QED) is 0.0778. The molecule has 14 heteroatoms. The van der Waals surface area contributed by atoms with E-state index < -0.39 is 18.3 Å². The first-order valence-corrected chi connectivity index (χ1v) is 21.9. The van der Waals surface area contributed by atoms with E-state index in [4.69, 9.17) is 25.8 Å². The van der Waals surface area contributed by atoms with E-state index in [-0.39, 0.29) is 42.0 Å². The number of rotatable bonds is 14. The van der Waals surface area contributed by atoms with Gasteiger partial charge in [0.1, 0.15) is 28.7 Å². The number of benzene rings is 6. The van der Waals surface area contributed by atoms with Gasteiger partial charge in [-0.05, 0) is 117 Å². The van der Waals surface area contributed by atoms with Crippen LogP contribution in [0.4, 0.5) is 26.7 Å². The minimum Gasteiger partial charge on any atom is -0.507 e. The van der Waals surface area contributed by atoms with Gasteiger partial charge in [-0.15, -0.1) is 0 Å². The maximum absolute atomic E-state index is 13.5. The highest BCUT2D eigenvalue weighted by molar-refractivity contribution is 6.31. The molecule has 0 fully saturated rings. The minimum absolute atomic E-state index is 0.133. The van der Waals surface area contributed by atoms with Crippen LogP contribution >= 0.6 is 11.6 Å². The van der Waals surface area contributed by atoms with E-state index in [1.165, 1.54) is 22.8 Å². The molecule has 0 saturated heterocycles. The Bertz CT molecular complexity index is 2710. The molecule has 6 rings (SSSR count). The number of unbranched alkanes of at least 4 members (excludes halogenated alkanes) is 1. The number of hydrogen-bond donors (Lipinski definition) is 4. The Morgan fingerprint density at radius 2 is 1.42 bits per heavy atom. The number of carbonyl (C=O) groups is 4. The number of phenols is 2. The first kappa shape index (κ1) is 49.8. The molecule has 13 nitrogen and oxygen atoms in total. The zero-order valence-corrected chi connectivity index (χ0v) is 39.3. The Morgan fingerprint density at radius 3 is 2.12 bits per heavy atom. The first-order chi connectivity index (χ1) is 31.4. The smallest absolute Gasteiger partial charge is 0.419 e. The van der Waals surface area contributed by atoms with Crippen LogP contribution in [0.1, 0.15) is 60.9 Å². The van der Waals surface area contributed by atoms with Crippen LogP contribution < -0.4 is 29.7 Å². The van der Waals surface area contributed by atoms with Crippen LogP contribution in [0.5, 0.6) is 28.7 Å². The molecule has 66 heavy (non-hydrogen) atoms. The van der Waals surface area contributed by atoms with Crippen LogP contribution in [-0.2, 0) is 16.0 Å². The molecule has 0 spiro atoms. The number of aryl methyl sites for hydroxylation is 4. The van der Waals surface area contributed by atoms with E-state index in [0.29, 0.717) is 45.6 Å². The van der Waals surface area contributed by atoms with E-state index in [0.717, 1.165) is 45.9 Å². The number of phenolic OH excluding ortho intramolecular Hbond substituents is 2. The van der Waals surface area contributed by atoms with Gasteiger partial charge in [0.25, 0.3) is 5.91 Å². The number of hydrogen-bond acceptors (Lipinski definition) is 9. The Kier molecular flexibility index (Phi) is 17.4. The number of nitrogens with zero attached hydrogens (tertiary/aromatic N) is 2. The summed E-state index contributed by atoms with van der Waals surface area (Å²) >= 11 is 6.15. The maximum Gasteiger partial charge on any atom is 0.419 e. The molecule has 0 aliphatic heterocycles. The second-order valence-corrected chi connectivity index (χ2v) is 16.5. The molecule has 4 N–H and O–H groups in total. The molecule has 6 aromatic carbocycles. The lowest BCUT2D eigenvalue weighted by atomic mass is 10.1. The molecule has 0 heterocycles. The monoisotopic (exact) mass is 916 g/mol. The number of aromatic hydroxyl groups is 2. The van der Waals surface area contributed by atoms with Crippen molar-refractivity contribution in [1.29, 1.82) is 0 Å². The number of carbonyl (C=O) groups excluding carboxylic acids is 4. The van der Waals surface area contributed by atoms with Crippen molar-refractivity contribution in [2.75, 3.05) is 36.2 Å². The summed E-state index contributed by atoms with van der Waals surface area (Å²) in [6, 6.07) is 31.9. The highest BCUT2D eigenvalue weighted by Crippen LogP contribution is 2.33. The van der Waals surface area contributed by atoms with Gasteiger partial charge < -0.3 is 40.0 Å². The Morgan fingerprint density at radius 1 is 0.712 bits per heavy atom. The van der Waals surface area contributed by atoms with Crippen molar-refractivity contribution in [2.45, 2.75) is 73.3 Å². The van der Waals surface area contributed by atoms with Gasteiger partial charge in [0.15, 0.2) is 6.10 Å². The van der Waals surface area contributed by atoms with Crippen LogP contribution in [0.15, 0.2) is 109 Å². The van der Waals surface area contributed by atoms with Crippen molar-refractivity contribution in [1.82, 2.24) is 4.90 Å². The fourth-order valence-corrected chi connectivity index (χ4v) is 6.97. The maximum atomic E-state index is 13.5. The van der Waals surface area contributed by atoms with E-state index in [2.05, 4.69) is 10.6 Å². The number of amides is 4. The van der Waals surface area contributed by atoms with Gasteiger partial charge in [0, 0.05) is 55.8 Å². The third kappa shape index (κ3) is 13.9. The second kappa shape index (κ2) is 23.1. The second-order valence-electron chi connectivity index (χ2n) is 16.1. The molecule has 0 aliphatic rings. The predicted octanol–water partition coefficient (Wildman–Crippen LogP) is 11.7. The standard InChI is InChI=1S/C33H40ClN3O6.C19H17NO3/c1-7-8-9-31(43-30-13-10-20(2)16-22(30)4)32(40)36-27-19-29(39)28(35-23(5)38)17-24(27)14-15-37(6)33(41)42-25-12-11-21(3)26(34)18-25;1-13-6-5-8-16(10-13)23-19(22)20(2)15-11-14-7-3-4-9-17(14)18(21)12-15/h10-13,16-19,31,39H,7-9,14-15H2,1-6H3,(H,35,38)(H,36,40);3-12,21H,1-2H3. The number of halogens is 1. The van der Waals surface area contributed by atoms with Crippen molar-refractivity contribution >= 4 is 63.4 Å². The summed E-state index contributed by atoms with van der Waals surface area (Å²) in [7, 11) is 3.20. The molecule has 4 amide bonds. The third-order valence-electron chi connectivity index (χ3n) is 10.6. The lowest BCUT2D eigenvalue weighted by molar-refractivity contribution is -0.123. The Balaban J connectivity index is 0.000000296. The summed E-state index contributed by atoms with van der Waals surface area (Å²) in [5.74, 6) is 0.627. The zero-order chi connectivity index (χ0) is 48.1. The largest absolute Gasteiger partial charge is 0.507 e. The number of nitrogens with one attached hydrogen (secondary N) is 2.